The van der Waals surface area contributed by atoms with Crippen molar-refractivity contribution in [2.24, 2.45) is 0 Å². The minimum atomic E-state index is -0.203. The highest BCUT2D eigenvalue weighted by Crippen LogP contribution is 2.11. The molecule has 0 aromatic carbocycles. The number of aliphatic hydroxyl groups excluding tert-OH is 1. The lowest BCUT2D eigenvalue weighted by molar-refractivity contribution is 0.0152. The van der Waals surface area contributed by atoms with Crippen LogP contribution >= 0.6 is 0 Å². The molecular weight excluding hydrogens is 178 g/mol. The van der Waals surface area contributed by atoms with Crippen molar-refractivity contribution in [2.45, 2.75) is 51.7 Å². The van der Waals surface area contributed by atoms with Crippen LogP contribution < -0.4 is 5.32 Å². The lowest BCUT2D eigenvalue weighted by atomic mass is 10.1. The van der Waals surface area contributed by atoms with Crippen LogP contribution in [0.15, 0.2) is 0 Å². The smallest absolute Gasteiger partial charge is 0.0664 e. The Morgan fingerprint density at radius 2 is 2.07 bits per heavy atom. The normalized spacial score (nSPS) is 14.4. The monoisotopic (exact) mass is 203 g/mol. The van der Waals surface area contributed by atoms with E-state index in [4.69, 9.17) is 4.74 Å². The van der Waals surface area contributed by atoms with E-state index < -0.39 is 0 Å². The third kappa shape index (κ3) is 7.30. The third-order valence-electron chi connectivity index (χ3n) is 2.46. The number of aliphatic hydroxyl groups is 1. The molecule has 0 saturated carbocycles. The Bertz CT molecular complexity index is 137. The van der Waals surface area contributed by atoms with Crippen LogP contribution in [0.4, 0.5) is 0 Å². The van der Waals surface area contributed by atoms with E-state index in [1.807, 2.05) is 0 Å². The Kier molecular flexibility index (Phi) is 7.15. The fourth-order valence-electron chi connectivity index (χ4n) is 1.20. The first kappa shape index (κ1) is 13.9. The van der Waals surface area contributed by atoms with Gasteiger partial charge in [-0.25, -0.2) is 0 Å². The minimum Gasteiger partial charge on any atom is -0.392 e. The molecule has 0 aromatic heterocycles. The molecule has 86 valence electrons. The van der Waals surface area contributed by atoms with Crippen molar-refractivity contribution in [1.82, 2.24) is 5.32 Å². The molecule has 0 rings (SSSR count). The molecule has 1 atom stereocenters. The van der Waals surface area contributed by atoms with Crippen molar-refractivity contribution in [3.05, 3.63) is 0 Å². The molecule has 0 spiro atoms. The zero-order valence-electron chi connectivity index (χ0n) is 9.97. The standard InChI is InChI=1S/C11H25NO2/c1-5-6-10(13)9-12-8-7-11(2,3)14-4/h10,12-13H,5-9H2,1-4H3. The molecular formula is C11H25NO2. The molecule has 2 N–H and O–H groups in total. The van der Waals surface area contributed by atoms with Gasteiger partial charge in [0.2, 0.25) is 0 Å². The number of rotatable bonds is 8. The molecule has 3 nitrogen and oxygen atoms in total. The molecule has 0 amide bonds. The molecule has 0 aromatic rings. The molecule has 0 radical (unpaired) electrons. The number of nitrogens with one attached hydrogen (secondary N) is 1. The molecule has 0 saturated heterocycles. The number of ether oxygens (including phenoxy) is 1. The summed E-state index contributed by atoms with van der Waals surface area (Å²) in [6.07, 6.45) is 2.67. The van der Waals surface area contributed by atoms with E-state index in [2.05, 4.69) is 26.1 Å². The molecule has 14 heavy (non-hydrogen) atoms. The lowest BCUT2D eigenvalue weighted by Gasteiger charge is -2.23. The highest BCUT2D eigenvalue weighted by atomic mass is 16.5. The second kappa shape index (κ2) is 7.21. The second-order valence-electron chi connectivity index (χ2n) is 4.36. The van der Waals surface area contributed by atoms with Crippen molar-refractivity contribution in [1.29, 1.82) is 0 Å². The summed E-state index contributed by atoms with van der Waals surface area (Å²) in [5, 5.41) is 12.7. The molecule has 1 unspecified atom stereocenters. The Balaban J connectivity index is 3.37. The van der Waals surface area contributed by atoms with E-state index in [9.17, 15) is 5.11 Å². The topological polar surface area (TPSA) is 41.5 Å². The van der Waals surface area contributed by atoms with Crippen LogP contribution in [0.3, 0.4) is 0 Å². The van der Waals surface area contributed by atoms with Crippen molar-refractivity contribution in [2.75, 3.05) is 20.2 Å². The summed E-state index contributed by atoms with van der Waals surface area (Å²) in [6, 6.07) is 0. The van der Waals surface area contributed by atoms with Crippen molar-refractivity contribution in [3.63, 3.8) is 0 Å². The summed E-state index contributed by atoms with van der Waals surface area (Å²) in [4.78, 5) is 0. The fourth-order valence-corrected chi connectivity index (χ4v) is 1.20. The second-order valence-corrected chi connectivity index (χ2v) is 4.36. The van der Waals surface area contributed by atoms with Gasteiger partial charge < -0.3 is 15.2 Å². The van der Waals surface area contributed by atoms with Crippen LogP contribution in [0, 0.1) is 0 Å². The van der Waals surface area contributed by atoms with E-state index in [0.29, 0.717) is 6.54 Å². The average molecular weight is 203 g/mol. The van der Waals surface area contributed by atoms with Gasteiger partial charge in [-0.2, -0.15) is 0 Å². The van der Waals surface area contributed by atoms with Crippen LogP contribution in [0.1, 0.15) is 40.0 Å². The molecule has 0 aliphatic rings. The maximum atomic E-state index is 9.44. The van der Waals surface area contributed by atoms with Gasteiger partial charge in [0, 0.05) is 13.7 Å². The molecule has 0 aliphatic carbocycles. The Morgan fingerprint density at radius 3 is 2.57 bits per heavy atom. The van der Waals surface area contributed by atoms with Gasteiger partial charge in [0.1, 0.15) is 0 Å². The first-order chi connectivity index (χ1) is 6.52. The van der Waals surface area contributed by atoms with Crippen LogP contribution in [0.2, 0.25) is 0 Å². The van der Waals surface area contributed by atoms with Gasteiger partial charge >= 0.3 is 0 Å². The fraction of sp³-hybridized carbons (Fsp3) is 1.00. The predicted molar refractivity (Wildman–Crippen MR) is 59.5 cm³/mol. The van der Waals surface area contributed by atoms with E-state index >= 15 is 0 Å². The highest BCUT2D eigenvalue weighted by molar-refractivity contribution is 4.69. The Labute approximate surface area is 87.8 Å². The van der Waals surface area contributed by atoms with Crippen molar-refractivity contribution >= 4 is 0 Å². The van der Waals surface area contributed by atoms with Crippen molar-refractivity contribution < 1.29 is 9.84 Å². The Hall–Kier alpha value is -0.120. The molecule has 0 fully saturated rings. The third-order valence-corrected chi connectivity index (χ3v) is 2.46. The number of methoxy groups -OCH3 is 1. The summed E-state index contributed by atoms with van der Waals surface area (Å²) in [6.45, 7) is 7.79. The molecule has 0 heterocycles. The van der Waals surface area contributed by atoms with Gasteiger partial charge in [-0.05, 0) is 33.2 Å². The van der Waals surface area contributed by atoms with Gasteiger partial charge in [0.15, 0.2) is 0 Å². The zero-order chi connectivity index (χ0) is 11.0. The number of hydrogen-bond donors (Lipinski definition) is 2. The molecule has 0 bridgehead atoms. The highest BCUT2D eigenvalue weighted by Gasteiger charge is 2.15. The first-order valence-electron chi connectivity index (χ1n) is 5.45. The molecule has 0 aliphatic heterocycles. The summed E-state index contributed by atoms with van der Waals surface area (Å²) in [7, 11) is 1.73. The SMILES string of the molecule is CCCC(O)CNCCC(C)(C)OC. The van der Waals surface area contributed by atoms with Gasteiger partial charge in [-0.15, -0.1) is 0 Å². The van der Waals surface area contributed by atoms with Crippen molar-refractivity contribution in [3.8, 4) is 0 Å². The van der Waals surface area contributed by atoms with Crippen LogP contribution in [-0.4, -0.2) is 37.0 Å². The largest absolute Gasteiger partial charge is 0.392 e. The minimum absolute atomic E-state index is 0.0668. The molecule has 3 heteroatoms. The van der Waals surface area contributed by atoms with Gasteiger partial charge in [0.25, 0.3) is 0 Å². The first-order valence-corrected chi connectivity index (χ1v) is 5.45. The van der Waals surface area contributed by atoms with E-state index in [1.54, 1.807) is 7.11 Å². The van der Waals surface area contributed by atoms with Crippen LogP contribution in [-0.2, 0) is 4.74 Å². The van der Waals surface area contributed by atoms with Gasteiger partial charge in [-0.1, -0.05) is 13.3 Å². The average Bonchev–Trinajstić information content (AvgIpc) is 2.13. The summed E-state index contributed by atoms with van der Waals surface area (Å²) in [5.74, 6) is 0. The summed E-state index contributed by atoms with van der Waals surface area (Å²) >= 11 is 0. The van der Waals surface area contributed by atoms with E-state index in [1.165, 1.54) is 0 Å². The maximum Gasteiger partial charge on any atom is 0.0664 e. The van der Waals surface area contributed by atoms with Gasteiger partial charge in [0.05, 0.1) is 11.7 Å². The summed E-state index contributed by atoms with van der Waals surface area (Å²) in [5.41, 5.74) is -0.0668. The number of hydrogen-bond acceptors (Lipinski definition) is 3. The van der Waals surface area contributed by atoms with E-state index in [0.717, 1.165) is 25.8 Å². The lowest BCUT2D eigenvalue weighted by Crippen LogP contribution is -2.32. The maximum absolute atomic E-state index is 9.44. The van der Waals surface area contributed by atoms with E-state index in [-0.39, 0.29) is 11.7 Å². The van der Waals surface area contributed by atoms with Gasteiger partial charge in [-0.3, -0.25) is 0 Å². The Morgan fingerprint density at radius 1 is 1.43 bits per heavy atom. The van der Waals surface area contributed by atoms with Crippen LogP contribution in [0.5, 0.6) is 0 Å². The predicted octanol–water partition coefficient (Wildman–Crippen LogP) is 1.55. The summed E-state index contributed by atoms with van der Waals surface area (Å²) < 4.78 is 5.29. The van der Waals surface area contributed by atoms with Crippen LogP contribution in [0.25, 0.3) is 0 Å². The zero-order valence-corrected chi connectivity index (χ0v) is 9.97. The quantitative estimate of drug-likeness (QED) is 0.588.